The molecule has 0 bridgehead atoms. The molecule has 0 aliphatic rings. The van der Waals surface area contributed by atoms with Crippen molar-refractivity contribution < 1.29 is 14.1 Å². The molecule has 27 heavy (non-hydrogen) atoms. The van der Waals surface area contributed by atoms with Crippen molar-refractivity contribution in [3.63, 3.8) is 0 Å². The Morgan fingerprint density at radius 1 is 1.22 bits per heavy atom. The van der Waals surface area contributed by atoms with Gasteiger partial charge in [-0.1, -0.05) is 11.6 Å². The van der Waals surface area contributed by atoms with E-state index >= 15 is 0 Å². The number of nitrogens with zero attached hydrogens (tertiary/aromatic N) is 4. The highest BCUT2D eigenvalue weighted by Gasteiger charge is 2.16. The number of non-ortho nitro benzene ring substituents is 1. The van der Waals surface area contributed by atoms with Crippen LogP contribution in [0.4, 0.5) is 10.1 Å². The highest BCUT2D eigenvalue weighted by molar-refractivity contribution is 6.32. The summed E-state index contributed by atoms with van der Waals surface area (Å²) in [5.74, 6) is -0.658. The lowest BCUT2D eigenvalue weighted by Gasteiger charge is -2.12. The van der Waals surface area contributed by atoms with E-state index in [1.54, 1.807) is 0 Å². The van der Waals surface area contributed by atoms with Gasteiger partial charge in [-0.2, -0.15) is 9.78 Å². The van der Waals surface area contributed by atoms with E-state index < -0.39 is 22.0 Å². The van der Waals surface area contributed by atoms with Crippen molar-refractivity contribution >= 4 is 17.3 Å². The number of hydrogen-bond acceptors (Lipinski definition) is 6. The van der Waals surface area contributed by atoms with Gasteiger partial charge in [-0.05, 0) is 18.2 Å². The number of halogens is 2. The van der Waals surface area contributed by atoms with Gasteiger partial charge in [0, 0.05) is 25.2 Å². The molecule has 2 aromatic carbocycles. The number of benzene rings is 2. The van der Waals surface area contributed by atoms with Crippen molar-refractivity contribution in [3.8, 4) is 17.2 Å². The van der Waals surface area contributed by atoms with Gasteiger partial charge in [-0.15, -0.1) is 0 Å². The first-order valence-corrected chi connectivity index (χ1v) is 7.73. The van der Waals surface area contributed by atoms with E-state index in [1.165, 1.54) is 31.3 Å². The molecule has 1 aromatic heterocycles. The van der Waals surface area contributed by atoms with Gasteiger partial charge in [-0.3, -0.25) is 19.5 Å². The van der Waals surface area contributed by atoms with Crippen molar-refractivity contribution in [2.45, 2.75) is 0 Å². The number of aromatic nitrogens is 3. The van der Waals surface area contributed by atoms with Crippen molar-refractivity contribution in [3.05, 3.63) is 84.4 Å². The van der Waals surface area contributed by atoms with E-state index in [2.05, 4.69) is 5.10 Å². The van der Waals surface area contributed by atoms with Crippen LogP contribution in [0, 0.1) is 15.9 Å². The maximum absolute atomic E-state index is 14.3. The van der Waals surface area contributed by atoms with Gasteiger partial charge < -0.3 is 4.74 Å². The van der Waals surface area contributed by atoms with E-state index in [1.807, 2.05) is 0 Å². The zero-order chi connectivity index (χ0) is 19.7. The molecule has 0 saturated heterocycles. The predicted octanol–water partition coefficient (Wildman–Crippen LogP) is 2.42. The standard InChI is InChI=1S/C16H10ClFN4O5/c1-20-15(23)8-19-21(16(20)24)13-7-14(11(17)6-12(13)18)27-10-4-2-9(3-5-10)22(25)26/h2-8H,1H3. The molecule has 11 heteroatoms. The van der Waals surface area contributed by atoms with Crippen molar-refractivity contribution in [2.75, 3.05) is 0 Å². The highest BCUT2D eigenvalue weighted by atomic mass is 35.5. The molecule has 0 N–H and O–H groups in total. The van der Waals surface area contributed by atoms with Crippen LogP contribution in [0.3, 0.4) is 0 Å². The molecule has 3 aromatic rings. The van der Waals surface area contributed by atoms with Crippen LogP contribution >= 0.6 is 11.6 Å². The van der Waals surface area contributed by atoms with E-state index in [-0.39, 0.29) is 27.9 Å². The normalized spacial score (nSPS) is 10.6. The van der Waals surface area contributed by atoms with E-state index in [0.717, 1.165) is 22.9 Å². The molecule has 0 amide bonds. The Labute approximate surface area is 155 Å². The van der Waals surface area contributed by atoms with Crippen LogP contribution in [0.5, 0.6) is 11.5 Å². The van der Waals surface area contributed by atoms with Crippen molar-refractivity contribution in [1.82, 2.24) is 14.3 Å². The predicted molar refractivity (Wildman–Crippen MR) is 93.2 cm³/mol. The molecule has 9 nitrogen and oxygen atoms in total. The Morgan fingerprint density at radius 3 is 2.52 bits per heavy atom. The summed E-state index contributed by atoms with van der Waals surface area (Å²) in [4.78, 5) is 33.7. The molecule has 0 atom stereocenters. The molecule has 0 aliphatic carbocycles. The third-order valence-electron chi connectivity index (χ3n) is 3.59. The van der Waals surface area contributed by atoms with E-state index in [4.69, 9.17) is 16.3 Å². The summed E-state index contributed by atoms with van der Waals surface area (Å²) in [5.41, 5.74) is -1.91. The van der Waals surface area contributed by atoms with Gasteiger partial charge in [0.15, 0.2) is 5.82 Å². The lowest BCUT2D eigenvalue weighted by atomic mass is 10.2. The smallest absolute Gasteiger partial charge is 0.352 e. The second-order valence-electron chi connectivity index (χ2n) is 5.32. The molecule has 138 valence electrons. The zero-order valence-corrected chi connectivity index (χ0v) is 14.4. The van der Waals surface area contributed by atoms with Crippen LogP contribution in [0.1, 0.15) is 0 Å². The molecule has 0 spiro atoms. The molecular formula is C16H10ClFN4O5. The Morgan fingerprint density at radius 2 is 1.89 bits per heavy atom. The van der Waals surface area contributed by atoms with Gasteiger partial charge >= 0.3 is 5.69 Å². The third kappa shape index (κ3) is 3.55. The number of hydrogen-bond donors (Lipinski definition) is 0. The van der Waals surface area contributed by atoms with Crippen LogP contribution in [-0.4, -0.2) is 19.3 Å². The largest absolute Gasteiger partial charge is 0.456 e. The number of ether oxygens (including phenoxy) is 1. The van der Waals surface area contributed by atoms with Crippen LogP contribution < -0.4 is 16.0 Å². The fraction of sp³-hybridized carbons (Fsp3) is 0.0625. The average Bonchev–Trinajstić information content (AvgIpc) is 2.63. The van der Waals surface area contributed by atoms with Crippen LogP contribution in [0.15, 0.2) is 52.2 Å². The Kier molecular flexibility index (Phi) is 4.74. The van der Waals surface area contributed by atoms with Crippen LogP contribution in [0.25, 0.3) is 5.69 Å². The maximum Gasteiger partial charge on any atom is 0.352 e. The van der Waals surface area contributed by atoms with Crippen molar-refractivity contribution in [2.24, 2.45) is 7.05 Å². The summed E-state index contributed by atoms with van der Waals surface area (Å²) in [7, 11) is 1.23. The first-order chi connectivity index (χ1) is 12.8. The molecule has 0 fully saturated rings. The Hall–Kier alpha value is -3.53. The summed E-state index contributed by atoms with van der Waals surface area (Å²) in [6, 6.07) is 7.20. The second kappa shape index (κ2) is 7.00. The topological polar surface area (TPSA) is 109 Å². The fourth-order valence-corrected chi connectivity index (χ4v) is 2.36. The first-order valence-electron chi connectivity index (χ1n) is 7.35. The summed E-state index contributed by atoms with van der Waals surface area (Å²) >= 11 is 5.98. The van der Waals surface area contributed by atoms with E-state index in [0.29, 0.717) is 4.68 Å². The third-order valence-corrected chi connectivity index (χ3v) is 3.88. The first kappa shape index (κ1) is 18.3. The summed E-state index contributed by atoms with van der Waals surface area (Å²) in [5, 5.41) is 14.2. The maximum atomic E-state index is 14.3. The molecule has 0 aliphatic heterocycles. The van der Waals surface area contributed by atoms with E-state index in [9.17, 15) is 24.1 Å². The molecule has 1 heterocycles. The average molecular weight is 393 g/mol. The van der Waals surface area contributed by atoms with Gasteiger partial charge in [0.25, 0.3) is 11.2 Å². The van der Waals surface area contributed by atoms with Gasteiger partial charge in [0.1, 0.15) is 23.4 Å². The summed E-state index contributed by atoms with van der Waals surface area (Å²) in [6.45, 7) is 0. The quantitative estimate of drug-likeness (QED) is 0.498. The van der Waals surface area contributed by atoms with Gasteiger partial charge in [0.05, 0.1) is 9.95 Å². The van der Waals surface area contributed by atoms with Crippen LogP contribution in [0.2, 0.25) is 5.02 Å². The Balaban J connectivity index is 2.05. The van der Waals surface area contributed by atoms with Crippen LogP contribution in [-0.2, 0) is 7.05 Å². The number of rotatable bonds is 4. The SMILES string of the molecule is Cn1c(=O)cnn(-c2cc(Oc3ccc([N+](=O)[O-])cc3)c(Cl)cc2F)c1=O. The minimum atomic E-state index is -0.857. The highest BCUT2D eigenvalue weighted by Crippen LogP contribution is 2.33. The van der Waals surface area contributed by atoms with Gasteiger partial charge in [0.2, 0.25) is 0 Å². The summed E-state index contributed by atoms with van der Waals surface area (Å²) in [6.07, 6.45) is 0.867. The second-order valence-corrected chi connectivity index (χ2v) is 5.73. The molecule has 3 rings (SSSR count). The number of nitro groups is 1. The lowest BCUT2D eigenvalue weighted by Crippen LogP contribution is -2.38. The molecular weight excluding hydrogens is 383 g/mol. The molecule has 0 saturated carbocycles. The monoisotopic (exact) mass is 392 g/mol. The lowest BCUT2D eigenvalue weighted by molar-refractivity contribution is -0.384. The fourth-order valence-electron chi connectivity index (χ4n) is 2.17. The minimum absolute atomic E-state index is 0.00975. The summed E-state index contributed by atoms with van der Waals surface area (Å²) < 4.78 is 21.3. The zero-order valence-electron chi connectivity index (χ0n) is 13.6. The minimum Gasteiger partial charge on any atom is -0.456 e. The Bertz CT molecular complexity index is 1160. The van der Waals surface area contributed by atoms with Crippen molar-refractivity contribution in [1.29, 1.82) is 0 Å². The number of nitro benzene ring substituents is 1. The molecule has 0 radical (unpaired) electrons. The van der Waals surface area contributed by atoms with Gasteiger partial charge in [-0.25, -0.2) is 9.18 Å². The molecule has 0 unspecified atom stereocenters.